The van der Waals surface area contributed by atoms with Crippen LogP contribution >= 0.6 is 11.3 Å². The average Bonchev–Trinajstić information content (AvgIpc) is 3.08. The molecule has 1 fully saturated rings. The predicted octanol–water partition coefficient (Wildman–Crippen LogP) is 3.03. The number of aryl methyl sites for hydroxylation is 1. The van der Waals surface area contributed by atoms with Crippen molar-refractivity contribution in [3.63, 3.8) is 0 Å². The van der Waals surface area contributed by atoms with E-state index in [0.29, 0.717) is 6.42 Å². The molecule has 3 rings (SSSR count). The topological polar surface area (TPSA) is 32.3 Å². The molecule has 0 radical (unpaired) electrons. The van der Waals surface area contributed by atoms with Crippen LogP contribution in [-0.4, -0.2) is 30.4 Å². The maximum atomic E-state index is 12.7. The zero-order valence-electron chi connectivity index (χ0n) is 12.9. The van der Waals surface area contributed by atoms with Gasteiger partial charge >= 0.3 is 0 Å². The molecule has 22 heavy (non-hydrogen) atoms. The highest BCUT2D eigenvalue weighted by Crippen LogP contribution is 2.24. The summed E-state index contributed by atoms with van der Waals surface area (Å²) in [7, 11) is 0. The van der Waals surface area contributed by atoms with Gasteiger partial charge in [-0.1, -0.05) is 37.3 Å². The van der Waals surface area contributed by atoms with Gasteiger partial charge in [0.2, 0.25) is 5.91 Å². The van der Waals surface area contributed by atoms with Gasteiger partial charge in [-0.15, -0.1) is 11.3 Å². The summed E-state index contributed by atoms with van der Waals surface area (Å²) in [6, 6.07) is 12.9. The van der Waals surface area contributed by atoms with Crippen LogP contribution in [0.5, 0.6) is 0 Å². The second-order valence-electron chi connectivity index (χ2n) is 5.66. The van der Waals surface area contributed by atoms with E-state index in [1.807, 2.05) is 22.4 Å². The number of benzene rings is 1. The third kappa shape index (κ3) is 3.39. The molecule has 2 aromatic rings. The Balaban J connectivity index is 1.76. The van der Waals surface area contributed by atoms with E-state index in [0.717, 1.165) is 30.9 Å². The molecule has 1 aliphatic rings. The van der Waals surface area contributed by atoms with Crippen LogP contribution in [0.25, 0.3) is 0 Å². The van der Waals surface area contributed by atoms with E-state index in [1.54, 1.807) is 11.3 Å². The first-order chi connectivity index (χ1) is 10.8. The number of carbonyl (C=O) groups is 1. The second kappa shape index (κ2) is 7.07. The Bertz CT molecular complexity index is 607. The quantitative estimate of drug-likeness (QED) is 0.941. The van der Waals surface area contributed by atoms with Gasteiger partial charge in [0.15, 0.2) is 0 Å². The highest BCUT2D eigenvalue weighted by atomic mass is 32.1. The minimum Gasteiger partial charge on any atom is -0.333 e. The number of rotatable bonds is 4. The molecule has 0 bridgehead atoms. The van der Waals surface area contributed by atoms with Crippen molar-refractivity contribution in [3.05, 3.63) is 57.8 Å². The number of nitrogens with zero attached hydrogens (tertiary/aromatic N) is 1. The minimum absolute atomic E-state index is 0.145. The summed E-state index contributed by atoms with van der Waals surface area (Å²) in [5, 5.41) is 5.44. The third-order valence-corrected chi connectivity index (χ3v) is 5.12. The van der Waals surface area contributed by atoms with E-state index in [4.69, 9.17) is 0 Å². The van der Waals surface area contributed by atoms with E-state index in [2.05, 4.69) is 36.5 Å². The molecule has 1 aromatic heterocycles. The van der Waals surface area contributed by atoms with E-state index >= 15 is 0 Å². The van der Waals surface area contributed by atoms with Gasteiger partial charge in [-0.25, -0.2) is 0 Å². The number of hydrogen-bond acceptors (Lipinski definition) is 3. The summed E-state index contributed by atoms with van der Waals surface area (Å²) in [4.78, 5) is 15.9. The van der Waals surface area contributed by atoms with Crippen LogP contribution in [0.2, 0.25) is 0 Å². The zero-order valence-corrected chi connectivity index (χ0v) is 13.7. The van der Waals surface area contributed by atoms with Gasteiger partial charge < -0.3 is 10.2 Å². The van der Waals surface area contributed by atoms with Gasteiger partial charge in [0.25, 0.3) is 0 Å². The van der Waals surface area contributed by atoms with Crippen molar-refractivity contribution < 1.29 is 4.79 Å². The Hall–Kier alpha value is -1.65. The van der Waals surface area contributed by atoms with Crippen LogP contribution in [0.3, 0.4) is 0 Å². The van der Waals surface area contributed by atoms with E-state index in [1.165, 1.54) is 11.1 Å². The van der Waals surface area contributed by atoms with E-state index < -0.39 is 0 Å². The molecule has 1 saturated heterocycles. The summed E-state index contributed by atoms with van der Waals surface area (Å²) >= 11 is 1.65. The Kier molecular flexibility index (Phi) is 4.90. The summed E-state index contributed by atoms with van der Waals surface area (Å²) < 4.78 is 0. The van der Waals surface area contributed by atoms with E-state index in [9.17, 15) is 4.79 Å². The maximum absolute atomic E-state index is 12.7. The third-order valence-electron chi connectivity index (χ3n) is 4.24. The molecular weight excluding hydrogens is 292 g/mol. The molecule has 2 heterocycles. The average molecular weight is 314 g/mol. The van der Waals surface area contributed by atoms with Crippen LogP contribution in [0.4, 0.5) is 0 Å². The lowest BCUT2D eigenvalue weighted by molar-refractivity contribution is -0.133. The molecule has 0 spiro atoms. The first-order valence-electron chi connectivity index (χ1n) is 7.89. The molecule has 1 unspecified atom stereocenters. The highest BCUT2D eigenvalue weighted by Gasteiger charge is 2.27. The highest BCUT2D eigenvalue weighted by molar-refractivity contribution is 7.10. The normalized spacial score (nSPS) is 18.4. The molecule has 1 aromatic carbocycles. The number of hydrogen-bond donors (Lipinski definition) is 1. The van der Waals surface area contributed by atoms with Crippen molar-refractivity contribution in [3.8, 4) is 0 Å². The minimum atomic E-state index is 0.145. The molecule has 0 saturated carbocycles. The van der Waals surface area contributed by atoms with Crippen LogP contribution < -0.4 is 5.32 Å². The lowest BCUT2D eigenvalue weighted by atomic mass is 10.0. The predicted molar refractivity (Wildman–Crippen MR) is 91.2 cm³/mol. The lowest BCUT2D eigenvalue weighted by Crippen LogP contribution is -2.49. The van der Waals surface area contributed by atoms with Gasteiger partial charge in [-0.05, 0) is 29.0 Å². The van der Waals surface area contributed by atoms with Crippen molar-refractivity contribution >= 4 is 17.2 Å². The fourth-order valence-electron chi connectivity index (χ4n) is 2.94. The first kappa shape index (κ1) is 15.3. The molecule has 1 atom stereocenters. The first-order valence-corrected chi connectivity index (χ1v) is 8.77. The SMILES string of the molecule is CCc1ccc(C2CNCCN2C(=O)Cc2cccs2)cc1. The molecule has 1 aliphatic heterocycles. The molecule has 1 N–H and O–H groups in total. The van der Waals surface area contributed by atoms with Crippen LogP contribution in [0, 0.1) is 0 Å². The Morgan fingerprint density at radius 2 is 2.14 bits per heavy atom. The van der Waals surface area contributed by atoms with Crippen molar-refractivity contribution in [2.45, 2.75) is 25.8 Å². The fourth-order valence-corrected chi connectivity index (χ4v) is 3.64. The summed E-state index contributed by atoms with van der Waals surface area (Å²) in [5.41, 5.74) is 2.56. The standard InChI is InChI=1S/C18H22N2OS/c1-2-14-5-7-15(8-6-14)17-13-19-9-10-20(17)18(21)12-16-4-3-11-22-16/h3-8,11,17,19H,2,9-10,12-13H2,1H3. The molecule has 1 amide bonds. The summed E-state index contributed by atoms with van der Waals surface area (Å²) in [5.74, 6) is 0.230. The largest absolute Gasteiger partial charge is 0.333 e. The van der Waals surface area contributed by atoms with Gasteiger partial charge in [-0.3, -0.25) is 4.79 Å². The zero-order chi connectivity index (χ0) is 15.4. The molecule has 116 valence electrons. The second-order valence-corrected chi connectivity index (χ2v) is 6.69. The van der Waals surface area contributed by atoms with Crippen molar-refractivity contribution in [2.75, 3.05) is 19.6 Å². The van der Waals surface area contributed by atoms with Crippen LogP contribution in [-0.2, 0) is 17.6 Å². The van der Waals surface area contributed by atoms with Crippen LogP contribution in [0.15, 0.2) is 41.8 Å². The van der Waals surface area contributed by atoms with Gasteiger partial charge in [0, 0.05) is 24.5 Å². The van der Waals surface area contributed by atoms with Crippen molar-refractivity contribution in [1.29, 1.82) is 0 Å². The fraction of sp³-hybridized carbons (Fsp3) is 0.389. The smallest absolute Gasteiger partial charge is 0.228 e. The number of thiophene rings is 1. The molecular formula is C18H22N2OS. The summed E-state index contributed by atoms with van der Waals surface area (Å²) in [6.45, 7) is 4.65. The molecule has 0 aliphatic carbocycles. The van der Waals surface area contributed by atoms with Gasteiger partial charge in [0.05, 0.1) is 12.5 Å². The van der Waals surface area contributed by atoms with Crippen molar-refractivity contribution in [1.82, 2.24) is 10.2 Å². The number of nitrogens with one attached hydrogen (secondary N) is 1. The van der Waals surface area contributed by atoms with E-state index in [-0.39, 0.29) is 11.9 Å². The Labute approximate surface area is 136 Å². The van der Waals surface area contributed by atoms with Gasteiger partial charge in [-0.2, -0.15) is 0 Å². The molecule has 4 heteroatoms. The lowest BCUT2D eigenvalue weighted by Gasteiger charge is -2.36. The van der Waals surface area contributed by atoms with Crippen LogP contribution in [0.1, 0.15) is 29.0 Å². The maximum Gasteiger partial charge on any atom is 0.228 e. The Morgan fingerprint density at radius 1 is 1.32 bits per heavy atom. The number of carbonyl (C=O) groups excluding carboxylic acids is 1. The van der Waals surface area contributed by atoms with Gasteiger partial charge in [0.1, 0.15) is 0 Å². The van der Waals surface area contributed by atoms with Crippen molar-refractivity contribution in [2.24, 2.45) is 0 Å². The Morgan fingerprint density at radius 3 is 2.82 bits per heavy atom. The monoisotopic (exact) mass is 314 g/mol. The number of amides is 1. The summed E-state index contributed by atoms with van der Waals surface area (Å²) in [6.07, 6.45) is 1.56. The number of piperazine rings is 1. The molecule has 3 nitrogen and oxygen atoms in total.